The Morgan fingerprint density at radius 3 is 2.66 bits per heavy atom. The molecule has 1 saturated heterocycles. The summed E-state index contributed by atoms with van der Waals surface area (Å²) in [5.74, 6) is 2.52. The van der Waals surface area contributed by atoms with Crippen LogP contribution in [0.1, 0.15) is 29.5 Å². The molecule has 2 aliphatic rings. The molecule has 152 valence electrons. The lowest BCUT2D eigenvalue weighted by molar-refractivity contribution is -0.128. The first-order valence-corrected chi connectivity index (χ1v) is 9.90. The van der Waals surface area contributed by atoms with Crippen LogP contribution in [0.15, 0.2) is 47.5 Å². The van der Waals surface area contributed by atoms with E-state index in [1.54, 1.807) is 7.05 Å². The molecule has 0 spiro atoms. The van der Waals surface area contributed by atoms with E-state index < -0.39 is 0 Å². The minimum atomic E-state index is 0.244. The molecule has 29 heavy (non-hydrogen) atoms. The number of rotatable bonds is 6. The lowest BCUT2D eigenvalue weighted by atomic mass is 10.1. The Morgan fingerprint density at radius 1 is 1.07 bits per heavy atom. The van der Waals surface area contributed by atoms with Gasteiger partial charge in [0.1, 0.15) is 0 Å². The highest BCUT2D eigenvalue weighted by Crippen LogP contribution is 2.32. The molecule has 4 rings (SSSR count). The van der Waals surface area contributed by atoms with Crippen molar-refractivity contribution in [1.82, 2.24) is 15.5 Å². The number of amides is 1. The van der Waals surface area contributed by atoms with Gasteiger partial charge in [0.2, 0.25) is 12.7 Å². The summed E-state index contributed by atoms with van der Waals surface area (Å²) in [5, 5.41) is 6.69. The summed E-state index contributed by atoms with van der Waals surface area (Å²) < 4.78 is 10.8. The fraction of sp³-hybridized carbons (Fsp3) is 0.364. The van der Waals surface area contributed by atoms with Gasteiger partial charge in [-0.2, -0.15) is 0 Å². The van der Waals surface area contributed by atoms with Crippen LogP contribution < -0.4 is 20.1 Å². The summed E-state index contributed by atoms with van der Waals surface area (Å²) in [6.07, 6.45) is 1.62. The largest absolute Gasteiger partial charge is 0.454 e. The van der Waals surface area contributed by atoms with Crippen LogP contribution in [-0.4, -0.2) is 37.2 Å². The van der Waals surface area contributed by atoms with E-state index in [1.165, 1.54) is 11.1 Å². The molecule has 2 aromatic rings. The van der Waals surface area contributed by atoms with Crippen LogP contribution >= 0.6 is 0 Å². The Balaban J connectivity index is 1.33. The van der Waals surface area contributed by atoms with E-state index in [0.29, 0.717) is 26.1 Å². The summed E-state index contributed by atoms with van der Waals surface area (Å²) >= 11 is 0. The zero-order valence-electron chi connectivity index (χ0n) is 16.6. The smallest absolute Gasteiger partial charge is 0.231 e. The zero-order chi connectivity index (χ0) is 20.1. The number of likely N-dealkylation sites (tertiary alicyclic amines) is 1. The van der Waals surface area contributed by atoms with Crippen molar-refractivity contribution in [1.29, 1.82) is 0 Å². The fourth-order valence-electron chi connectivity index (χ4n) is 3.60. The molecule has 1 fully saturated rings. The Bertz CT molecular complexity index is 913. The average Bonchev–Trinajstić information content (AvgIpc) is 3.37. The lowest BCUT2D eigenvalue weighted by Crippen LogP contribution is -2.36. The standard InChI is InChI=1S/C22H26N4O3/c1-23-22(24-12-16-8-9-19-20(11-16)29-15-28-19)25-13-17-5-2-3-6-18(17)14-26-10-4-7-21(26)27/h2-3,5-6,8-9,11H,4,7,10,12-15H2,1H3,(H2,23,24,25). The molecule has 7 heteroatoms. The molecule has 2 aromatic carbocycles. The van der Waals surface area contributed by atoms with Gasteiger partial charge in [-0.25, -0.2) is 0 Å². The highest BCUT2D eigenvalue weighted by atomic mass is 16.7. The number of nitrogens with one attached hydrogen (secondary N) is 2. The van der Waals surface area contributed by atoms with Crippen molar-refractivity contribution in [3.05, 3.63) is 59.2 Å². The molecule has 0 radical (unpaired) electrons. The van der Waals surface area contributed by atoms with Gasteiger partial charge in [0.05, 0.1) is 0 Å². The third kappa shape index (κ3) is 4.62. The van der Waals surface area contributed by atoms with E-state index in [1.807, 2.05) is 35.2 Å². The van der Waals surface area contributed by atoms with Crippen molar-refractivity contribution in [3.8, 4) is 11.5 Å². The van der Waals surface area contributed by atoms with Crippen molar-refractivity contribution in [3.63, 3.8) is 0 Å². The van der Waals surface area contributed by atoms with Crippen LogP contribution in [0.4, 0.5) is 0 Å². The third-order valence-electron chi connectivity index (χ3n) is 5.22. The van der Waals surface area contributed by atoms with Gasteiger partial charge < -0.3 is 25.0 Å². The molecule has 0 unspecified atom stereocenters. The maximum atomic E-state index is 12.0. The van der Waals surface area contributed by atoms with Gasteiger partial charge in [-0.05, 0) is 35.2 Å². The van der Waals surface area contributed by atoms with Crippen LogP contribution in [0.25, 0.3) is 0 Å². The zero-order valence-corrected chi connectivity index (χ0v) is 16.6. The van der Waals surface area contributed by atoms with Gasteiger partial charge in [-0.15, -0.1) is 0 Å². The maximum Gasteiger partial charge on any atom is 0.231 e. The van der Waals surface area contributed by atoms with Gasteiger partial charge in [-0.3, -0.25) is 9.79 Å². The van der Waals surface area contributed by atoms with Crippen LogP contribution in [-0.2, 0) is 24.4 Å². The molecule has 0 atom stereocenters. The molecular weight excluding hydrogens is 368 g/mol. The van der Waals surface area contributed by atoms with E-state index in [0.717, 1.165) is 36.0 Å². The lowest BCUT2D eigenvalue weighted by Gasteiger charge is -2.19. The first kappa shape index (κ1) is 19.1. The Kier molecular flexibility index (Phi) is 5.84. The number of guanidine groups is 1. The summed E-state index contributed by atoms with van der Waals surface area (Å²) in [7, 11) is 1.75. The number of carbonyl (C=O) groups is 1. The number of aliphatic imine (C=N–C) groups is 1. The van der Waals surface area contributed by atoms with Crippen LogP contribution in [0, 0.1) is 0 Å². The predicted octanol–water partition coefficient (Wildman–Crippen LogP) is 2.40. The second kappa shape index (κ2) is 8.86. The molecule has 0 saturated carbocycles. The highest BCUT2D eigenvalue weighted by Gasteiger charge is 2.21. The molecule has 2 heterocycles. The van der Waals surface area contributed by atoms with Crippen molar-refractivity contribution in [2.75, 3.05) is 20.4 Å². The second-order valence-corrected chi connectivity index (χ2v) is 7.15. The van der Waals surface area contributed by atoms with Gasteiger partial charge in [0, 0.05) is 39.6 Å². The van der Waals surface area contributed by atoms with Gasteiger partial charge in [0.25, 0.3) is 0 Å². The van der Waals surface area contributed by atoms with Crippen molar-refractivity contribution >= 4 is 11.9 Å². The maximum absolute atomic E-state index is 12.0. The fourth-order valence-corrected chi connectivity index (χ4v) is 3.60. The van der Waals surface area contributed by atoms with Gasteiger partial charge >= 0.3 is 0 Å². The normalized spacial score (nSPS) is 15.7. The quantitative estimate of drug-likeness (QED) is 0.581. The molecular formula is C22H26N4O3. The molecule has 7 nitrogen and oxygen atoms in total. The summed E-state index contributed by atoms with van der Waals surface area (Å²) in [6, 6.07) is 14.1. The van der Waals surface area contributed by atoms with Gasteiger partial charge in [0.15, 0.2) is 17.5 Å². The van der Waals surface area contributed by atoms with E-state index >= 15 is 0 Å². The number of nitrogens with zero attached hydrogens (tertiary/aromatic N) is 2. The number of fused-ring (bicyclic) bond motifs is 1. The Morgan fingerprint density at radius 2 is 1.86 bits per heavy atom. The second-order valence-electron chi connectivity index (χ2n) is 7.15. The van der Waals surface area contributed by atoms with Crippen LogP contribution in [0.3, 0.4) is 0 Å². The summed E-state index contributed by atoms with van der Waals surface area (Å²) in [6.45, 7) is 3.05. The minimum Gasteiger partial charge on any atom is -0.454 e. The third-order valence-corrected chi connectivity index (χ3v) is 5.22. The SMILES string of the molecule is CN=C(NCc1ccc2c(c1)OCO2)NCc1ccccc1CN1CCCC1=O. The first-order chi connectivity index (χ1) is 14.2. The minimum absolute atomic E-state index is 0.244. The topological polar surface area (TPSA) is 75.2 Å². The molecule has 1 amide bonds. The Labute approximate surface area is 170 Å². The molecule has 0 aliphatic carbocycles. The number of benzene rings is 2. The number of ether oxygens (including phenoxy) is 2. The van der Waals surface area contributed by atoms with Gasteiger partial charge in [-0.1, -0.05) is 30.3 Å². The number of hydrogen-bond donors (Lipinski definition) is 2. The summed E-state index contributed by atoms with van der Waals surface area (Å²) in [5.41, 5.74) is 3.42. The van der Waals surface area contributed by atoms with E-state index in [-0.39, 0.29) is 12.7 Å². The molecule has 2 N–H and O–H groups in total. The first-order valence-electron chi connectivity index (χ1n) is 9.90. The Hall–Kier alpha value is -3.22. The number of hydrogen-bond acceptors (Lipinski definition) is 4. The van der Waals surface area contributed by atoms with E-state index in [4.69, 9.17) is 9.47 Å². The summed E-state index contributed by atoms with van der Waals surface area (Å²) in [4.78, 5) is 18.2. The predicted molar refractivity (Wildman–Crippen MR) is 111 cm³/mol. The number of carbonyl (C=O) groups excluding carboxylic acids is 1. The van der Waals surface area contributed by atoms with Crippen LogP contribution in [0.2, 0.25) is 0 Å². The van der Waals surface area contributed by atoms with E-state index in [2.05, 4.69) is 27.8 Å². The highest BCUT2D eigenvalue weighted by molar-refractivity contribution is 5.80. The van der Waals surface area contributed by atoms with Crippen LogP contribution in [0.5, 0.6) is 11.5 Å². The molecule has 2 aliphatic heterocycles. The average molecular weight is 394 g/mol. The molecule has 0 bridgehead atoms. The monoisotopic (exact) mass is 394 g/mol. The molecule has 0 aromatic heterocycles. The van der Waals surface area contributed by atoms with E-state index in [9.17, 15) is 4.79 Å². The van der Waals surface area contributed by atoms with Crippen molar-refractivity contribution in [2.24, 2.45) is 4.99 Å². The van der Waals surface area contributed by atoms with Crippen molar-refractivity contribution in [2.45, 2.75) is 32.5 Å². The van der Waals surface area contributed by atoms with Crippen molar-refractivity contribution < 1.29 is 14.3 Å².